The van der Waals surface area contributed by atoms with Crippen LogP contribution in [0.3, 0.4) is 0 Å². The topological polar surface area (TPSA) is 91.5 Å². The minimum absolute atomic E-state index is 0.0859. The number of aromatic nitrogens is 1. The number of nitrogens with zero attached hydrogens (tertiary/aromatic N) is 1. The van der Waals surface area contributed by atoms with E-state index < -0.39 is 10.0 Å². The third-order valence-electron chi connectivity index (χ3n) is 5.30. The number of halogens is 1. The van der Waals surface area contributed by atoms with E-state index in [1.807, 2.05) is 0 Å². The highest BCUT2D eigenvalue weighted by Crippen LogP contribution is 2.31. The lowest BCUT2D eigenvalue weighted by Gasteiger charge is -2.26. The van der Waals surface area contributed by atoms with Gasteiger partial charge in [0.15, 0.2) is 0 Å². The van der Waals surface area contributed by atoms with Crippen molar-refractivity contribution in [2.45, 2.75) is 36.2 Å². The second kappa shape index (κ2) is 7.52. The van der Waals surface area contributed by atoms with Crippen LogP contribution >= 0.6 is 11.6 Å². The summed E-state index contributed by atoms with van der Waals surface area (Å²) in [6.45, 7) is 2.35. The molecule has 0 radical (unpaired) electrons. The zero-order valence-corrected chi connectivity index (χ0v) is 16.4. The summed E-state index contributed by atoms with van der Waals surface area (Å²) in [7, 11) is -3.75. The molecular weight excluding hydrogens is 390 g/mol. The van der Waals surface area contributed by atoms with Crippen LogP contribution in [0.15, 0.2) is 34.1 Å². The molecule has 2 saturated heterocycles. The smallest absolute Gasteiger partial charge is 0.255 e. The van der Waals surface area contributed by atoms with Gasteiger partial charge >= 0.3 is 0 Å². The quantitative estimate of drug-likeness (QED) is 0.799. The number of fused-ring (bicyclic) bond motifs is 1. The molecule has 0 unspecified atom stereocenters. The van der Waals surface area contributed by atoms with Crippen molar-refractivity contribution in [1.29, 1.82) is 0 Å². The van der Waals surface area contributed by atoms with Gasteiger partial charge in [0.25, 0.3) is 5.56 Å². The van der Waals surface area contributed by atoms with Crippen molar-refractivity contribution in [2.75, 3.05) is 26.3 Å². The van der Waals surface area contributed by atoms with Gasteiger partial charge in [-0.3, -0.25) is 4.79 Å². The molecule has 0 spiro atoms. The summed E-state index contributed by atoms with van der Waals surface area (Å²) in [5.41, 5.74) is -0.355. The Morgan fingerprint density at radius 2 is 1.96 bits per heavy atom. The molecule has 2 aromatic rings. The predicted octanol–water partition coefficient (Wildman–Crippen LogP) is 1.71. The van der Waals surface area contributed by atoms with Crippen molar-refractivity contribution in [3.8, 4) is 0 Å². The molecule has 146 valence electrons. The van der Waals surface area contributed by atoms with Gasteiger partial charge in [-0.15, -0.1) is 0 Å². The summed E-state index contributed by atoms with van der Waals surface area (Å²) in [6, 6.07) is 5.17. The van der Waals surface area contributed by atoms with E-state index in [9.17, 15) is 13.2 Å². The summed E-state index contributed by atoms with van der Waals surface area (Å²) < 4.78 is 33.4. The van der Waals surface area contributed by atoms with E-state index in [-0.39, 0.29) is 32.3 Å². The van der Waals surface area contributed by atoms with Gasteiger partial charge in [0.05, 0.1) is 9.92 Å². The maximum atomic E-state index is 13.3. The molecule has 2 N–H and O–H groups in total. The molecule has 1 aromatic carbocycles. The molecule has 2 fully saturated rings. The molecular formula is C18H22ClN3O4S. The Bertz CT molecular complexity index is 1000. The molecule has 1 atom stereocenters. The molecule has 3 heterocycles. The van der Waals surface area contributed by atoms with Crippen LogP contribution in [0.2, 0.25) is 5.02 Å². The lowest BCUT2D eigenvalue weighted by Crippen LogP contribution is -2.43. The number of ether oxygens (including phenoxy) is 1. The zero-order valence-electron chi connectivity index (χ0n) is 14.8. The predicted molar refractivity (Wildman–Crippen MR) is 104 cm³/mol. The number of benzene rings is 1. The Balaban J connectivity index is 1.60. The van der Waals surface area contributed by atoms with E-state index in [2.05, 4.69) is 10.3 Å². The average Bonchev–Trinajstić information content (AvgIpc) is 3.14. The summed E-state index contributed by atoms with van der Waals surface area (Å²) >= 11 is 6.23. The number of aromatic amines is 1. The Morgan fingerprint density at radius 3 is 2.74 bits per heavy atom. The molecule has 2 aliphatic heterocycles. The number of rotatable bonds is 4. The maximum Gasteiger partial charge on any atom is 0.255 e. The Morgan fingerprint density at radius 1 is 1.19 bits per heavy atom. The zero-order chi connectivity index (χ0) is 19.0. The Hall–Kier alpha value is -1.45. The second-order valence-electron chi connectivity index (χ2n) is 7.05. The fourth-order valence-corrected chi connectivity index (χ4v) is 5.92. The Labute approximate surface area is 162 Å². The molecule has 0 bridgehead atoms. The number of hydrogen-bond acceptors (Lipinski definition) is 5. The highest BCUT2D eigenvalue weighted by atomic mass is 35.5. The van der Waals surface area contributed by atoms with Crippen molar-refractivity contribution >= 4 is 32.4 Å². The first-order chi connectivity index (χ1) is 13.0. The highest BCUT2D eigenvalue weighted by Gasteiger charge is 2.35. The van der Waals surface area contributed by atoms with Crippen LogP contribution in [0.25, 0.3) is 10.8 Å². The summed E-state index contributed by atoms with van der Waals surface area (Å²) in [5.74, 6) is 0. The number of sulfonamides is 1. The third kappa shape index (κ3) is 3.64. The van der Waals surface area contributed by atoms with Crippen molar-refractivity contribution in [3.05, 3.63) is 39.8 Å². The van der Waals surface area contributed by atoms with Crippen molar-refractivity contribution < 1.29 is 13.2 Å². The normalized spacial score (nSPS) is 22.5. The fourth-order valence-electron chi connectivity index (χ4n) is 3.88. The van der Waals surface area contributed by atoms with Gasteiger partial charge in [0.1, 0.15) is 0 Å². The molecule has 0 amide bonds. The molecule has 2 aliphatic rings. The Kier molecular flexibility index (Phi) is 5.26. The third-order valence-corrected chi connectivity index (χ3v) is 7.51. The standard InChI is InChI=1S/C18H22ClN3O4S/c19-15-10-20-18(23)14-2-1-3-16(17(14)15)27(24,25)22-7-4-13(11-22)21-12-5-8-26-9-6-12/h1-3,10,12-13,21H,4-9,11H2,(H,20,23)/t13-/m0/s1. The molecule has 9 heteroatoms. The largest absolute Gasteiger partial charge is 0.381 e. The van der Waals surface area contributed by atoms with Crippen LogP contribution in [0.5, 0.6) is 0 Å². The number of hydrogen-bond donors (Lipinski definition) is 2. The van der Waals surface area contributed by atoms with Crippen molar-refractivity contribution in [2.24, 2.45) is 0 Å². The molecule has 0 saturated carbocycles. The van der Waals surface area contributed by atoms with Crippen LogP contribution in [-0.2, 0) is 14.8 Å². The first kappa shape index (κ1) is 18.9. The van der Waals surface area contributed by atoms with Gasteiger partial charge in [0, 0.05) is 55.4 Å². The van der Waals surface area contributed by atoms with Crippen LogP contribution < -0.4 is 10.9 Å². The SMILES string of the molecule is O=c1[nH]cc(Cl)c2c(S(=O)(=O)N3CC[C@H](NC4CCOCC4)C3)cccc12. The van der Waals surface area contributed by atoms with Crippen molar-refractivity contribution in [3.63, 3.8) is 0 Å². The first-order valence-corrected chi connectivity index (χ1v) is 10.9. The van der Waals surface area contributed by atoms with E-state index in [4.69, 9.17) is 16.3 Å². The van der Waals surface area contributed by atoms with Gasteiger partial charge in [0.2, 0.25) is 10.0 Å². The number of nitrogens with one attached hydrogen (secondary N) is 2. The summed E-state index contributed by atoms with van der Waals surface area (Å²) in [5, 5.41) is 4.34. The van der Waals surface area contributed by atoms with E-state index in [0.717, 1.165) is 32.5 Å². The van der Waals surface area contributed by atoms with Gasteiger partial charge in [-0.1, -0.05) is 17.7 Å². The second-order valence-corrected chi connectivity index (χ2v) is 9.36. The van der Waals surface area contributed by atoms with Gasteiger partial charge in [-0.2, -0.15) is 4.31 Å². The highest BCUT2D eigenvalue weighted by molar-refractivity contribution is 7.89. The monoisotopic (exact) mass is 411 g/mol. The lowest BCUT2D eigenvalue weighted by atomic mass is 10.1. The average molecular weight is 412 g/mol. The van der Waals surface area contributed by atoms with E-state index >= 15 is 0 Å². The van der Waals surface area contributed by atoms with Crippen LogP contribution in [0, 0.1) is 0 Å². The van der Waals surface area contributed by atoms with Gasteiger partial charge in [-0.05, 0) is 31.4 Å². The fraction of sp³-hybridized carbons (Fsp3) is 0.500. The minimum atomic E-state index is -3.75. The molecule has 27 heavy (non-hydrogen) atoms. The van der Waals surface area contributed by atoms with Gasteiger partial charge < -0.3 is 15.0 Å². The first-order valence-electron chi connectivity index (χ1n) is 9.10. The summed E-state index contributed by atoms with van der Waals surface area (Å²) in [4.78, 5) is 14.7. The lowest BCUT2D eigenvalue weighted by molar-refractivity contribution is 0.0753. The van der Waals surface area contributed by atoms with E-state index in [1.165, 1.54) is 16.6 Å². The molecule has 0 aliphatic carbocycles. The van der Waals surface area contributed by atoms with Gasteiger partial charge in [-0.25, -0.2) is 8.42 Å². The van der Waals surface area contributed by atoms with Crippen LogP contribution in [0.4, 0.5) is 0 Å². The summed E-state index contributed by atoms with van der Waals surface area (Å²) in [6.07, 6.45) is 4.00. The van der Waals surface area contributed by atoms with Crippen molar-refractivity contribution in [1.82, 2.24) is 14.6 Å². The van der Waals surface area contributed by atoms with Crippen LogP contribution in [-0.4, -0.2) is 56.1 Å². The van der Waals surface area contributed by atoms with E-state index in [0.29, 0.717) is 19.1 Å². The molecule has 7 nitrogen and oxygen atoms in total. The van der Waals surface area contributed by atoms with Crippen LogP contribution in [0.1, 0.15) is 19.3 Å². The molecule has 4 rings (SSSR count). The number of H-pyrrole nitrogens is 1. The van der Waals surface area contributed by atoms with E-state index in [1.54, 1.807) is 12.1 Å². The maximum absolute atomic E-state index is 13.3. The number of pyridine rings is 1. The molecule has 1 aromatic heterocycles. The minimum Gasteiger partial charge on any atom is -0.381 e.